The molecule has 2 atom stereocenters. The molecule has 0 aromatic heterocycles. The maximum absolute atomic E-state index is 11.8. The molecule has 2 unspecified atom stereocenters. The highest BCUT2D eigenvalue weighted by Crippen LogP contribution is 2.12. The van der Waals surface area contributed by atoms with Crippen molar-refractivity contribution in [2.75, 3.05) is 25.0 Å². The predicted molar refractivity (Wildman–Crippen MR) is 68.3 cm³/mol. The quantitative estimate of drug-likeness (QED) is 0.704. The molecule has 1 aromatic rings. The van der Waals surface area contributed by atoms with Gasteiger partial charge in [0, 0.05) is 18.8 Å². The summed E-state index contributed by atoms with van der Waals surface area (Å²) in [5, 5.41) is 21.6. The van der Waals surface area contributed by atoms with E-state index in [1.54, 1.807) is 4.90 Å². The number of carbonyl (C=O) groups is 1. The summed E-state index contributed by atoms with van der Waals surface area (Å²) in [7, 11) is 0. The number of nitrogens with one attached hydrogen (secondary N) is 1. The van der Waals surface area contributed by atoms with Crippen molar-refractivity contribution in [3.8, 4) is 0 Å². The number of hydrogen-bond acceptors (Lipinski definition) is 4. The Morgan fingerprint density at radius 1 is 1.39 bits per heavy atom. The molecule has 0 saturated carbocycles. The molecule has 0 aliphatic carbocycles. The molecule has 1 aliphatic rings. The van der Waals surface area contributed by atoms with E-state index < -0.39 is 12.2 Å². The van der Waals surface area contributed by atoms with E-state index >= 15 is 0 Å². The van der Waals surface area contributed by atoms with Crippen LogP contribution >= 0.6 is 0 Å². The maximum atomic E-state index is 11.8. The van der Waals surface area contributed by atoms with Crippen molar-refractivity contribution in [2.45, 2.75) is 19.1 Å². The highest BCUT2D eigenvalue weighted by atomic mass is 16.3. The van der Waals surface area contributed by atoms with Crippen LogP contribution in [0.2, 0.25) is 0 Å². The lowest BCUT2D eigenvalue weighted by molar-refractivity contribution is -0.117. The number of anilines is 1. The summed E-state index contributed by atoms with van der Waals surface area (Å²) in [5.74, 6) is -0.137. The van der Waals surface area contributed by atoms with E-state index in [1.165, 1.54) is 0 Å². The van der Waals surface area contributed by atoms with E-state index in [2.05, 4.69) is 5.32 Å². The van der Waals surface area contributed by atoms with Gasteiger partial charge in [0.1, 0.15) is 0 Å². The van der Waals surface area contributed by atoms with Gasteiger partial charge >= 0.3 is 0 Å². The zero-order chi connectivity index (χ0) is 13.1. The summed E-state index contributed by atoms with van der Waals surface area (Å²) in [4.78, 5) is 13.5. The lowest BCUT2D eigenvalue weighted by Gasteiger charge is -2.14. The van der Waals surface area contributed by atoms with E-state index in [0.717, 1.165) is 11.3 Å². The summed E-state index contributed by atoms with van der Waals surface area (Å²) in [6.07, 6.45) is -1.51. The standard InChI is InChI=1S/C13H18N2O3/c1-9-3-2-4-10(5-9)14-13(18)8-15-6-11(16)12(17)7-15/h2-5,11-12,16-17H,6-8H2,1H3,(H,14,18). The summed E-state index contributed by atoms with van der Waals surface area (Å²) in [6.45, 7) is 2.82. The van der Waals surface area contributed by atoms with Crippen LogP contribution in [0, 0.1) is 6.92 Å². The Hall–Kier alpha value is -1.43. The first-order valence-corrected chi connectivity index (χ1v) is 5.99. The molecule has 1 amide bonds. The molecule has 2 rings (SSSR count). The van der Waals surface area contributed by atoms with Gasteiger partial charge in [-0.25, -0.2) is 0 Å². The number of nitrogens with zero attached hydrogens (tertiary/aromatic N) is 1. The normalized spacial score (nSPS) is 24.2. The second-order valence-corrected chi connectivity index (χ2v) is 4.75. The van der Waals surface area contributed by atoms with Crippen LogP contribution in [0.4, 0.5) is 5.69 Å². The van der Waals surface area contributed by atoms with Crippen LogP contribution in [0.1, 0.15) is 5.56 Å². The van der Waals surface area contributed by atoms with Crippen molar-refractivity contribution < 1.29 is 15.0 Å². The third-order valence-electron chi connectivity index (χ3n) is 3.00. The fraction of sp³-hybridized carbons (Fsp3) is 0.462. The zero-order valence-corrected chi connectivity index (χ0v) is 10.3. The molecular weight excluding hydrogens is 232 g/mol. The fourth-order valence-corrected chi connectivity index (χ4v) is 2.10. The van der Waals surface area contributed by atoms with Crippen LogP contribution < -0.4 is 5.32 Å². The number of benzene rings is 1. The molecule has 0 radical (unpaired) electrons. The summed E-state index contributed by atoms with van der Waals surface area (Å²) in [6, 6.07) is 7.57. The SMILES string of the molecule is Cc1cccc(NC(=O)CN2CC(O)C(O)C2)c1. The molecule has 18 heavy (non-hydrogen) atoms. The first-order valence-electron chi connectivity index (χ1n) is 5.99. The number of aliphatic hydroxyl groups excluding tert-OH is 2. The first-order chi connectivity index (χ1) is 8.54. The van der Waals surface area contributed by atoms with Crippen LogP contribution in [0.15, 0.2) is 24.3 Å². The lowest BCUT2D eigenvalue weighted by atomic mass is 10.2. The van der Waals surface area contributed by atoms with Crippen molar-refractivity contribution in [3.63, 3.8) is 0 Å². The van der Waals surface area contributed by atoms with Gasteiger partial charge in [0.15, 0.2) is 0 Å². The molecule has 0 bridgehead atoms. The van der Waals surface area contributed by atoms with Gasteiger partial charge in [-0.3, -0.25) is 9.69 Å². The number of rotatable bonds is 3. The van der Waals surface area contributed by atoms with Crippen LogP contribution in [-0.2, 0) is 4.79 Å². The fourth-order valence-electron chi connectivity index (χ4n) is 2.10. The topological polar surface area (TPSA) is 72.8 Å². The largest absolute Gasteiger partial charge is 0.389 e. The van der Waals surface area contributed by atoms with Gasteiger partial charge in [-0.2, -0.15) is 0 Å². The van der Waals surface area contributed by atoms with Crippen molar-refractivity contribution >= 4 is 11.6 Å². The number of likely N-dealkylation sites (tertiary alicyclic amines) is 1. The molecule has 5 heteroatoms. The number of amides is 1. The molecule has 5 nitrogen and oxygen atoms in total. The maximum Gasteiger partial charge on any atom is 0.238 e. The first kappa shape index (κ1) is 13.0. The van der Waals surface area contributed by atoms with Gasteiger partial charge in [-0.05, 0) is 24.6 Å². The van der Waals surface area contributed by atoms with E-state index in [4.69, 9.17) is 0 Å². The minimum absolute atomic E-state index is 0.137. The van der Waals surface area contributed by atoms with Gasteiger partial charge in [-0.1, -0.05) is 12.1 Å². The average Bonchev–Trinajstić information content (AvgIpc) is 2.57. The molecule has 98 valence electrons. The van der Waals surface area contributed by atoms with E-state index in [1.807, 2.05) is 31.2 Å². The minimum atomic E-state index is -0.753. The van der Waals surface area contributed by atoms with Gasteiger partial charge in [0.05, 0.1) is 18.8 Å². The highest BCUT2D eigenvalue weighted by Gasteiger charge is 2.30. The highest BCUT2D eigenvalue weighted by molar-refractivity contribution is 5.92. The molecule has 3 N–H and O–H groups in total. The van der Waals surface area contributed by atoms with Gasteiger partial charge in [-0.15, -0.1) is 0 Å². The van der Waals surface area contributed by atoms with Gasteiger partial charge in [0.2, 0.25) is 5.91 Å². The molecule has 1 aromatic carbocycles. The monoisotopic (exact) mass is 250 g/mol. The predicted octanol–water partition coefficient (Wildman–Crippen LogP) is -0.0291. The number of hydrogen-bond donors (Lipinski definition) is 3. The zero-order valence-electron chi connectivity index (χ0n) is 10.3. The van der Waals surface area contributed by atoms with Crippen molar-refractivity contribution in [2.24, 2.45) is 0 Å². The van der Waals surface area contributed by atoms with Crippen LogP contribution in [0.25, 0.3) is 0 Å². The van der Waals surface area contributed by atoms with E-state index in [-0.39, 0.29) is 12.5 Å². The van der Waals surface area contributed by atoms with Crippen molar-refractivity contribution in [1.29, 1.82) is 0 Å². The second-order valence-electron chi connectivity index (χ2n) is 4.75. The Bertz CT molecular complexity index is 426. The van der Waals surface area contributed by atoms with E-state index in [0.29, 0.717) is 13.1 Å². The molecule has 0 spiro atoms. The molecular formula is C13H18N2O3. The Morgan fingerprint density at radius 3 is 2.67 bits per heavy atom. The Morgan fingerprint density at radius 2 is 2.06 bits per heavy atom. The summed E-state index contributed by atoms with van der Waals surface area (Å²) >= 11 is 0. The second kappa shape index (κ2) is 5.48. The Balaban J connectivity index is 1.86. The van der Waals surface area contributed by atoms with Crippen LogP contribution in [0.3, 0.4) is 0 Å². The third kappa shape index (κ3) is 3.29. The van der Waals surface area contributed by atoms with Crippen molar-refractivity contribution in [1.82, 2.24) is 4.90 Å². The Kier molecular flexibility index (Phi) is 3.96. The number of aliphatic hydroxyl groups is 2. The number of aryl methyl sites for hydroxylation is 1. The minimum Gasteiger partial charge on any atom is -0.389 e. The lowest BCUT2D eigenvalue weighted by Crippen LogP contribution is -2.32. The molecule has 1 saturated heterocycles. The Labute approximate surface area is 106 Å². The van der Waals surface area contributed by atoms with Crippen molar-refractivity contribution in [3.05, 3.63) is 29.8 Å². The molecule has 1 heterocycles. The van der Waals surface area contributed by atoms with Gasteiger partial charge in [0.25, 0.3) is 0 Å². The van der Waals surface area contributed by atoms with E-state index in [9.17, 15) is 15.0 Å². The van der Waals surface area contributed by atoms with Crippen LogP contribution in [0.5, 0.6) is 0 Å². The summed E-state index contributed by atoms with van der Waals surface area (Å²) < 4.78 is 0. The third-order valence-corrected chi connectivity index (χ3v) is 3.00. The average molecular weight is 250 g/mol. The number of β-amino-alcohol motifs (C(OH)–C–C–N with tert-alkyl or cyclic N) is 2. The number of carbonyl (C=O) groups excluding carboxylic acids is 1. The summed E-state index contributed by atoms with van der Waals surface area (Å²) in [5.41, 5.74) is 1.85. The smallest absolute Gasteiger partial charge is 0.238 e. The van der Waals surface area contributed by atoms with Crippen LogP contribution in [-0.4, -0.2) is 52.9 Å². The van der Waals surface area contributed by atoms with Gasteiger partial charge < -0.3 is 15.5 Å². The molecule has 1 aliphatic heterocycles. The molecule has 1 fully saturated rings.